The van der Waals surface area contributed by atoms with Crippen molar-refractivity contribution >= 4 is 22.2 Å². The van der Waals surface area contributed by atoms with Crippen molar-refractivity contribution in [2.24, 2.45) is 0 Å². The summed E-state index contributed by atoms with van der Waals surface area (Å²) >= 11 is 1.58. The largest absolute Gasteiger partial charge is 0.342 e. The number of rotatable bonds is 8. The lowest BCUT2D eigenvalue weighted by Gasteiger charge is -2.20. The van der Waals surface area contributed by atoms with Crippen LogP contribution in [0.5, 0.6) is 0 Å². The summed E-state index contributed by atoms with van der Waals surface area (Å²) in [5.74, 6) is 0.147. The first-order valence-electron chi connectivity index (χ1n) is 10.4. The Bertz CT molecular complexity index is 1120. The van der Waals surface area contributed by atoms with E-state index in [4.69, 9.17) is 4.98 Å². The van der Waals surface area contributed by atoms with Crippen LogP contribution in [0.25, 0.3) is 16.2 Å². The number of fused-ring (bicyclic) bond motifs is 1. The molecule has 0 aliphatic heterocycles. The summed E-state index contributed by atoms with van der Waals surface area (Å²) in [7, 11) is 0. The molecule has 1 amide bonds. The summed E-state index contributed by atoms with van der Waals surface area (Å²) in [5, 5.41) is 2.04. The number of aromatic nitrogens is 3. The Labute approximate surface area is 181 Å². The fourth-order valence-electron chi connectivity index (χ4n) is 3.55. The Morgan fingerprint density at radius 3 is 2.53 bits per heavy atom. The van der Waals surface area contributed by atoms with E-state index in [1.807, 2.05) is 35.5 Å². The third-order valence-electron chi connectivity index (χ3n) is 5.43. The number of thiazole rings is 1. The van der Waals surface area contributed by atoms with Gasteiger partial charge in [0.25, 0.3) is 0 Å². The van der Waals surface area contributed by atoms with Gasteiger partial charge in [0.15, 0.2) is 4.96 Å². The zero-order chi connectivity index (χ0) is 20.9. The minimum absolute atomic E-state index is 0.147. The second kappa shape index (κ2) is 9.22. The molecule has 30 heavy (non-hydrogen) atoms. The van der Waals surface area contributed by atoms with Gasteiger partial charge in [-0.25, -0.2) is 4.98 Å². The number of likely N-dealkylation sites (N-methyl/N-ethyl adjacent to an activating group) is 1. The predicted molar refractivity (Wildman–Crippen MR) is 122 cm³/mol. The maximum atomic E-state index is 12.9. The molecule has 0 aliphatic carbocycles. The molecular weight excluding hydrogens is 392 g/mol. The average Bonchev–Trinajstić information content (AvgIpc) is 3.37. The van der Waals surface area contributed by atoms with Gasteiger partial charge < -0.3 is 4.90 Å². The van der Waals surface area contributed by atoms with Gasteiger partial charge in [-0.2, -0.15) is 0 Å². The number of nitrogens with zero attached hydrogens (tertiary/aromatic N) is 4. The van der Waals surface area contributed by atoms with Gasteiger partial charge in [-0.1, -0.05) is 31.2 Å². The zero-order valence-corrected chi connectivity index (χ0v) is 18.2. The van der Waals surface area contributed by atoms with Crippen LogP contribution >= 0.6 is 11.3 Å². The molecule has 1 aromatic carbocycles. The minimum Gasteiger partial charge on any atom is -0.342 e. The molecule has 3 heterocycles. The van der Waals surface area contributed by atoms with E-state index in [1.165, 1.54) is 11.1 Å². The second-order valence-electron chi connectivity index (χ2n) is 7.31. The highest BCUT2D eigenvalue weighted by atomic mass is 32.1. The van der Waals surface area contributed by atoms with Gasteiger partial charge in [-0.05, 0) is 43.0 Å². The number of hydrogen-bond donors (Lipinski definition) is 0. The van der Waals surface area contributed by atoms with E-state index < -0.39 is 0 Å². The van der Waals surface area contributed by atoms with E-state index in [0.29, 0.717) is 19.5 Å². The van der Waals surface area contributed by atoms with Gasteiger partial charge in [0, 0.05) is 48.3 Å². The van der Waals surface area contributed by atoms with E-state index in [2.05, 4.69) is 40.6 Å². The lowest BCUT2D eigenvalue weighted by atomic mass is 10.1. The first-order valence-corrected chi connectivity index (χ1v) is 11.3. The first kappa shape index (κ1) is 20.3. The summed E-state index contributed by atoms with van der Waals surface area (Å²) in [5.41, 5.74) is 5.56. The van der Waals surface area contributed by atoms with Crippen molar-refractivity contribution in [3.05, 3.63) is 77.2 Å². The molecule has 0 aliphatic rings. The lowest BCUT2D eigenvalue weighted by molar-refractivity contribution is -0.130. The van der Waals surface area contributed by atoms with Crippen LogP contribution in [0.15, 0.2) is 60.4 Å². The number of carbonyl (C=O) groups is 1. The van der Waals surface area contributed by atoms with Gasteiger partial charge >= 0.3 is 0 Å². The van der Waals surface area contributed by atoms with Crippen LogP contribution in [0.3, 0.4) is 0 Å². The number of hydrogen-bond acceptors (Lipinski definition) is 4. The maximum Gasteiger partial charge on any atom is 0.228 e. The predicted octanol–water partition coefficient (Wildman–Crippen LogP) is 4.65. The summed E-state index contributed by atoms with van der Waals surface area (Å²) in [6.45, 7) is 5.60. The van der Waals surface area contributed by atoms with Crippen LogP contribution in [0.1, 0.15) is 30.7 Å². The molecule has 0 unspecified atom stereocenters. The standard InChI is InChI=1S/C24H26N4OS/c1-3-18-5-7-20(8-6-18)22-16-28-21(17-30-24(28)26-22)15-23(29)27(4-2)14-11-19-9-12-25-13-10-19/h5-10,12-13,16-17H,3-4,11,14-15H2,1-2H3. The van der Waals surface area contributed by atoms with Crippen LogP contribution in [-0.4, -0.2) is 38.3 Å². The van der Waals surface area contributed by atoms with Crippen molar-refractivity contribution in [1.29, 1.82) is 0 Å². The fraction of sp³-hybridized carbons (Fsp3) is 0.292. The van der Waals surface area contributed by atoms with Crippen LogP contribution < -0.4 is 0 Å². The van der Waals surface area contributed by atoms with Gasteiger partial charge in [0.1, 0.15) is 0 Å². The Kier molecular flexibility index (Phi) is 6.23. The number of amides is 1. The van der Waals surface area contributed by atoms with Crippen molar-refractivity contribution in [3.8, 4) is 11.3 Å². The normalized spacial score (nSPS) is 11.1. The monoisotopic (exact) mass is 418 g/mol. The number of pyridine rings is 1. The first-order chi connectivity index (χ1) is 14.7. The van der Waals surface area contributed by atoms with Crippen LogP contribution in [0.2, 0.25) is 0 Å². The van der Waals surface area contributed by atoms with Gasteiger partial charge in [-0.15, -0.1) is 11.3 Å². The summed E-state index contributed by atoms with van der Waals surface area (Å²) in [6.07, 6.45) is 7.88. The smallest absolute Gasteiger partial charge is 0.228 e. The third kappa shape index (κ3) is 4.44. The summed E-state index contributed by atoms with van der Waals surface area (Å²) in [4.78, 5) is 24.6. The van der Waals surface area contributed by atoms with Gasteiger partial charge in [0.05, 0.1) is 12.1 Å². The van der Waals surface area contributed by atoms with Crippen LogP contribution in [0.4, 0.5) is 0 Å². The molecule has 0 saturated carbocycles. The second-order valence-corrected chi connectivity index (χ2v) is 8.15. The molecule has 0 fully saturated rings. The van der Waals surface area contributed by atoms with E-state index >= 15 is 0 Å². The molecule has 0 spiro atoms. The number of aryl methyl sites for hydroxylation is 1. The molecule has 0 bridgehead atoms. The molecule has 3 aromatic heterocycles. The highest BCUT2D eigenvalue weighted by molar-refractivity contribution is 7.15. The average molecular weight is 419 g/mol. The molecule has 4 aromatic rings. The molecule has 0 N–H and O–H groups in total. The van der Waals surface area contributed by atoms with Crippen molar-refractivity contribution < 1.29 is 4.79 Å². The van der Waals surface area contributed by atoms with E-state index in [-0.39, 0.29) is 5.91 Å². The molecule has 0 atom stereocenters. The van der Waals surface area contributed by atoms with E-state index in [9.17, 15) is 4.79 Å². The molecule has 154 valence electrons. The SMILES string of the molecule is CCc1ccc(-c2cn3c(CC(=O)N(CC)CCc4ccncc4)csc3n2)cc1. The Hall–Kier alpha value is -2.99. The third-order valence-corrected chi connectivity index (χ3v) is 6.32. The summed E-state index contributed by atoms with van der Waals surface area (Å²) in [6, 6.07) is 12.5. The Balaban J connectivity index is 1.47. The van der Waals surface area contributed by atoms with Crippen molar-refractivity contribution in [2.45, 2.75) is 33.1 Å². The zero-order valence-electron chi connectivity index (χ0n) is 17.4. The molecule has 0 radical (unpaired) electrons. The Morgan fingerprint density at radius 2 is 1.83 bits per heavy atom. The van der Waals surface area contributed by atoms with Crippen molar-refractivity contribution in [1.82, 2.24) is 19.3 Å². The minimum atomic E-state index is 0.147. The van der Waals surface area contributed by atoms with E-state index in [0.717, 1.165) is 34.8 Å². The number of benzene rings is 1. The van der Waals surface area contributed by atoms with E-state index in [1.54, 1.807) is 23.7 Å². The topological polar surface area (TPSA) is 50.5 Å². The molecule has 6 heteroatoms. The number of imidazole rings is 1. The lowest BCUT2D eigenvalue weighted by Crippen LogP contribution is -2.34. The van der Waals surface area contributed by atoms with Crippen LogP contribution in [-0.2, 0) is 24.1 Å². The quantitative estimate of drug-likeness (QED) is 0.418. The molecule has 5 nitrogen and oxygen atoms in total. The molecular formula is C24H26N4OS. The highest BCUT2D eigenvalue weighted by Crippen LogP contribution is 2.24. The fourth-order valence-corrected chi connectivity index (χ4v) is 4.42. The van der Waals surface area contributed by atoms with Crippen LogP contribution in [0, 0.1) is 0 Å². The Morgan fingerprint density at radius 1 is 1.07 bits per heavy atom. The maximum absolute atomic E-state index is 12.9. The van der Waals surface area contributed by atoms with Crippen molar-refractivity contribution in [3.63, 3.8) is 0 Å². The van der Waals surface area contributed by atoms with Crippen molar-refractivity contribution in [2.75, 3.05) is 13.1 Å². The number of carbonyl (C=O) groups excluding carboxylic acids is 1. The molecule has 4 rings (SSSR count). The summed E-state index contributed by atoms with van der Waals surface area (Å²) < 4.78 is 2.06. The highest BCUT2D eigenvalue weighted by Gasteiger charge is 2.16. The van der Waals surface area contributed by atoms with Gasteiger partial charge in [0.2, 0.25) is 5.91 Å². The molecule has 0 saturated heterocycles. The van der Waals surface area contributed by atoms with Gasteiger partial charge in [-0.3, -0.25) is 14.2 Å².